The molecule has 0 fully saturated rings. The average Bonchev–Trinajstić information content (AvgIpc) is 2.89. The first-order valence-corrected chi connectivity index (χ1v) is 10.4. The highest BCUT2D eigenvalue weighted by Crippen LogP contribution is 2.28. The number of para-hydroxylation sites is 1. The van der Waals surface area contributed by atoms with Crippen LogP contribution in [0.4, 0.5) is 0 Å². The summed E-state index contributed by atoms with van der Waals surface area (Å²) in [5.41, 5.74) is 3.79. The summed E-state index contributed by atoms with van der Waals surface area (Å²) in [6, 6.07) is 24.7. The lowest BCUT2D eigenvalue weighted by molar-refractivity contribution is 0.0734. The highest BCUT2D eigenvalue weighted by molar-refractivity contribution is 6.04. The summed E-state index contributed by atoms with van der Waals surface area (Å²) in [4.78, 5) is 25.3. The molecule has 1 amide bonds. The fourth-order valence-electron chi connectivity index (χ4n) is 3.43. The van der Waals surface area contributed by atoms with Gasteiger partial charge in [-0.2, -0.15) is 5.10 Å². The molecule has 0 spiro atoms. The van der Waals surface area contributed by atoms with Crippen LogP contribution >= 0.6 is 0 Å². The highest BCUT2D eigenvalue weighted by Gasteiger charge is 2.14. The van der Waals surface area contributed by atoms with E-state index in [9.17, 15) is 9.59 Å². The molecule has 4 rings (SSSR count). The van der Waals surface area contributed by atoms with Gasteiger partial charge in [-0.05, 0) is 53.2 Å². The number of carbonyl (C=O) groups excluding carboxylic acids is 2. The normalized spacial score (nSPS) is 10.8. The van der Waals surface area contributed by atoms with Crippen molar-refractivity contribution in [3.05, 3.63) is 102 Å². The molecule has 0 heterocycles. The van der Waals surface area contributed by atoms with Crippen LogP contribution in [0.25, 0.3) is 10.8 Å². The van der Waals surface area contributed by atoms with Crippen molar-refractivity contribution < 1.29 is 23.8 Å². The van der Waals surface area contributed by atoms with Gasteiger partial charge in [0.05, 0.1) is 31.6 Å². The van der Waals surface area contributed by atoms with E-state index in [2.05, 4.69) is 10.5 Å². The Morgan fingerprint density at radius 2 is 1.53 bits per heavy atom. The second-order valence-corrected chi connectivity index (χ2v) is 7.22. The number of methoxy groups -OCH3 is 2. The fourth-order valence-corrected chi connectivity index (χ4v) is 3.43. The summed E-state index contributed by atoms with van der Waals surface area (Å²) < 4.78 is 16.1. The molecule has 0 atom stereocenters. The number of benzene rings is 4. The standard InChI is InChI=1S/C27H22N2O5/c1-32-20-14-11-19(12-15-20)27(31)34-25-16-13-18-7-3-4-8-21(18)23(25)17-28-29-26(30)22-9-5-6-10-24(22)33-2/h3-17H,1-2H3,(H,29,30)/b28-17+. The van der Waals surface area contributed by atoms with E-state index in [0.717, 1.165) is 10.8 Å². The van der Waals surface area contributed by atoms with E-state index in [-0.39, 0.29) is 0 Å². The summed E-state index contributed by atoms with van der Waals surface area (Å²) >= 11 is 0. The maximum Gasteiger partial charge on any atom is 0.343 e. The molecule has 34 heavy (non-hydrogen) atoms. The molecular weight excluding hydrogens is 432 g/mol. The van der Waals surface area contributed by atoms with Crippen LogP contribution in [0.1, 0.15) is 26.3 Å². The van der Waals surface area contributed by atoms with E-state index in [1.807, 2.05) is 30.3 Å². The van der Waals surface area contributed by atoms with E-state index >= 15 is 0 Å². The number of amides is 1. The number of nitrogens with zero attached hydrogens (tertiary/aromatic N) is 1. The SMILES string of the molecule is COc1ccc(C(=O)Oc2ccc3ccccc3c2/C=N/NC(=O)c2ccccc2OC)cc1. The molecule has 0 unspecified atom stereocenters. The van der Waals surface area contributed by atoms with Crippen LogP contribution in [0.15, 0.2) is 90.0 Å². The van der Waals surface area contributed by atoms with Gasteiger partial charge in [0.2, 0.25) is 0 Å². The van der Waals surface area contributed by atoms with Crippen molar-refractivity contribution in [3.63, 3.8) is 0 Å². The monoisotopic (exact) mass is 454 g/mol. The van der Waals surface area contributed by atoms with Crippen LogP contribution in [0.2, 0.25) is 0 Å². The minimum Gasteiger partial charge on any atom is -0.497 e. The maximum absolute atomic E-state index is 12.7. The molecule has 4 aromatic rings. The number of hydrogen-bond acceptors (Lipinski definition) is 6. The maximum atomic E-state index is 12.7. The van der Waals surface area contributed by atoms with Crippen molar-refractivity contribution in [3.8, 4) is 17.2 Å². The number of hydrazone groups is 1. The number of nitrogens with one attached hydrogen (secondary N) is 1. The average molecular weight is 454 g/mol. The topological polar surface area (TPSA) is 86.2 Å². The molecule has 4 aromatic carbocycles. The first-order chi connectivity index (χ1) is 16.6. The van der Waals surface area contributed by atoms with Crippen molar-refractivity contribution >= 4 is 28.9 Å². The summed E-state index contributed by atoms with van der Waals surface area (Å²) in [5, 5.41) is 5.87. The van der Waals surface area contributed by atoms with E-state index in [1.165, 1.54) is 13.3 Å². The summed E-state index contributed by atoms with van der Waals surface area (Å²) in [5.74, 6) is 0.446. The van der Waals surface area contributed by atoms with Crippen LogP contribution in [-0.4, -0.2) is 32.3 Å². The van der Waals surface area contributed by atoms with E-state index in [4.69, 9.17) is 14.2 Å². The van der Waals surface area contributed by atoms with Gasteiger partial charge in [-0.25, -0.2) is 10.2 Å². The van der Waals surface area contributed by atoms with Gasteiger partial charge in [-0.1, -0.05) is 42.5 Å². The van der Waals surface area contributed by atoms with E-state index < -0.39 is 11.9 Å². The van der Waals surface area contributed by atoms with Gasteiger partial charge in [-0.3, -0.25) is 4.79 Å². The van der Waals surface area contributed by atoms with Gasteiger partial charge in [0.1, 0.15) is 17.2 Å². The predicted octanol–water partition coefficient (Wildman–Crippen LogP) is 4.84. The molecule has 0 aliphatic heterocycles. The van der Waals surface area contributed by atoms with Gasteiger partial charge in [-0.15, -0.1) is 0 Å². The first kappa shape index (κ1) is 22.5. The van der Waals surface area contributed by atoms with Crippen LogP contribution in [0.3, 0.4) is 0 Å². The number of hydrogen-bond donors (Lipinski definition) is 1. The second-order valence-electron chi connectivity index (χ2n) is 7.22. The van der Waals surface area contributed by atoms with Crippen molar-refractivity contribution in [1.82, 2.24) is 5.43 Å². The van der Waals surface area contributed by atoms with Gasteiger partial charge >= 0.3 is 5.97 Å². The molecule has 0 aliphatic rings. The summed E-state index contributed by atoms with van der Waals surface area (Å²) in [6.07, 6.45) is 1.46. The smallest absolute Gasteiger partial charge is 0.343 e. The molecule has 7 heteroatoms. The zero-order chi connectivity index (χ0) is 23.9. The van der Waals surface area contributed by atoms with Gasteiger partial charge in [0.15, 0.2) is 0 Å². The second kappa shape index (κ2) is 10.3. The molecule has 0 saturated carbocycles. The summed E-state index contributed by atoms with van der Waals surface area (Å²) in [6.45, 7) is 0. The number of rotatable bonds is 7. The lowest BCUT2D eigenvalue weighted by atomic mass is 10.0. The van der Waals surface area contributed by atoms with E-state index in [0.29, 0.717) is 33.9 Å². The Morgan fingerprint density at radius 1 is 0.794 bits per heavy atom. The number of ether oxygens (including phenoxy) is 3. The molecule has 0 saturated heterocycles. The first-order valence-electron chi connectivity index (χ1n) is 10.4. The van der Waals surface area contributed by atoms with Gasteiger partial charge in [0.25, 0.3) is 5.91 Å². The quantitative estimate of drug-likeness (QED) is 0.187. The minimum atomic E-state index is -0.523. The third-order valence-corrected chi connectivity index (χ3v) is 5.17. The highest BCUT2D eigenvalue weighted by atomic mass is 16.5. The number of esters is 1. The van der Waals surface area contributed by atoms with Crippen molar-refractivity contribution in [2.24, 2.45) is 5.10 Å². The molecule has 0 aromatic heterocycles. The fraction of sp³-hybridized carbons (Fsp3) is 0.0741. The molecular formula is C27H22N2O5. The predicted molar refractivity (Wildman–Crippen MR) is 130 cm³/mol. The Labute approximate surface area is 196 Å². The third kappa shape index (κ3) is 4.88. The zero-order valence-corrected chi connectivity index (χ0v) is 18.6. The van der Waals surface area contributed by atoms with Crippen LogP contribution in [-0.2, 0) is 0 Å². The molecule has 0 radical (unpaired) electrons. The van der Waals surface area contributed by atoms with Crippen molar-refractivity contribution in [1.29, 1.82) is 0 Å². The molecule has 0 bridgehead atoms. The minimum absolute atomic E-state index is 0.315. The summed E-state index contributed by atoms with van der Waals surface area (Å²) in [7, 11) is 3.05. The van der Waals surface area contributed by atoms with Crippen LogP contribution < -0.4 is 19.6 Å². The Hall–Kier alpha value is -4.65. The van der Waals surface area contributed by atoms with Gasteiger partial charge in [0, 0.05) is 5.56 Å². The molecule has 1 N–H and O–H groups in total. The third-order valence-electron chi connectivity index (χ3n) is 5.17. The molecule has 0 aliphatic carbocycles. The molecule has 7 nitrogen and oxygen atoms in total. The molecule has 170 valence electrons. The van der Waals surface area contributed by atoms with Crippen molar-refractivity contribution in [2.75, 3.05) is 14.2 Å². The largest absolute Gasteiger partial charge is 0.497 e. The zero-order valence-electron chi connectivity index (χ0n) is 18.6. The van der Waals surface area contributed by atoms with Crippen LogP contribution in [0, 0.1) is 0 Å². The van der Waals surface area contributed by atoms with Gasteiger partial charge < -0.3 is 14.2 Å². The van der Waals surface area contributed by atoms with Crippen LogP contribution in [0.5, 0.6) is 17.2 Å². The van der Waals surface area contributed by atoms with E-state index in [1.54, 1.807) is 61.7 Å². The number of fused-ring (bicyclic) bond motifs is 1. The lowest BCUT2D eigenvalue weighted by Gasteiger charge is -2.11. The Balaban J connectivity index is 1.62. The Bertz CT molecular complexity index is 1360. The van der Waals surface area contributed by atoms with Crippen molar-refractivity contribution in [2.45, 2.75) is 0 Å². The number of carbonyl (C=O) groups is 2. The Kier molecular flexibility index (Phi) is 6.84. The Morgan fingerprint density at radius 3 is 2.29 bits per heavy atom. The lowest BCUT2D eigenvalue weighted by Crippen LogP contribution is -2.18.